The number of carbonyl (C=O) groups is 2. The van der Waals surface area contributed by atoms with Crippen LogP contribution in [0.4, 0.5) is 4.79 Å². The molecule has 3 rings (SSSR count). The van der Waals surface area contributed by atoms with Gasteiger partial charge in [0.2, 0.25) is 5.91 Å². The first-order valence-electron chi connectivity index (χ1n) is 9.81. The molecule has 1 aliphatic rings. The van der Waals surface area contributed by atoms with Crippen molar-refractivity contribution in [1.29, 1.82) is 0 Å². The highest BCUT2D eigenvalue weighted by Gasteiger charge is 2.37. The summed E-state index contributed by atoms with van der Waals surface area (Å²) in [5.74, 6) is 0.726. The van der Waals surface area contributed by atoms with Crippen LogP contribution in [-0.2, 0) is 4.79 Å². The molecule has 0 aliphatic carbocycles. The zero-order chi connectivity index (χ0) is 20.3. The number of hydrogen-bond donors (Lipinski definition) is 3. The third kappa shape index (κ3) is 4.21. The first-order chi connectivity index (χ1) is 13.4. The van der Waals surface area contributed by atoms with E-state index in [0.717, 1.165) is 29.9 Å². The number of imidazole rings is 1. The van der Waals surface area contributed by atoms with Gasteiger partial charge in [-0.25, -0.2) is 9.78 Å². The summed E-state index contributed by atoms with van der Waals surface area (Å²) in [5, 5.41) is 5.30. The number of nitrogens with one attached hydrogen (secondary N) is 3. The maximum atomic E-state index is 13.2. The molecule has 7 nitrogen and oxygen atoms in total. The molecule has 148 valence electrons. The number of H-pyrrole nitrogens is 1. The fourth-order valence-corrected chi connectivity index (χ4v) is 3.60. The molecule has 0 spiro atoms. The lowest BCUT2D eigenvalue weighted by atomic mass is 9.95. The van der Waals surface area contributed by atoms with Crippen LogP contribution in [0.2, 0.25) is 0 Å². The number of nitrogens with zero attached hydrogens (tertiary/aromatic N) is 2. The van der Waals surface area contributed by atoms with Gasteiger partial charge in [0.1, 0.15) is 19.7 Å². The highest BCUT2D eigenvalue weighted by molar-refractivity contribution is 6.32. The second-order valence-electron chi connectivity index (χ2n) is 7.67. The van der Waals surface area contributed by atoms with E-state index in [1.807, 2.05) is 24.9 Å². The van der Waals surface area contributed by atoms with Crippen LogP contribution in [0.5, 0.6) is 0 Å². The van der Waals surface area contributed by atoms with E-state index < -0.39 is 6.04 Å². The van der Waals surface area contributed by atoms with Crippen molar-refractivity contribution < 1.29 is 9.59 Å². The van der Waals surface area contributed by atoms with Crippen molar-refractivity contribution >= 4 is 25.2 Å². The smallest absolute Gasteiger partial charge is 0.315 e. The zero-order valence-electron chi connectivity index (χ0n) is 17.0. The van der Waals surface area contributed by atoms with E-state index in [1.165, 1.54) is 5.46 Å². The van der Waals surface area contributed by atoms with E-state index in [4.69, 9.17) is 4.98 Å². The number of benzene rings is 1. The van der Waals surface area contributed by atoms with Crippen LogP contribution in [0.15, 0.2) is 30.5 Å². The monoisotopic (exact) mass is 381 g/mol. The van der Waals surface area contributed by atoms with Gasteiger partial charge in [-0.3, -0.25) is 4.79 Å². The third-order valence-corrected chi connectivity index (χ3v) is 5.24. The average Bonchev–Trinajstić information content (AvgIpc) is 3.34. The summed E-state index contributed by atoms with van der Waals surface area (Å²) in [6.07, 6.45) is 3.67. The molecule has 1 saturated heterocycles. The Kier molecular flexibility index (Phi) is 6.07. The molecule has 8 heteroatoms. The predicted molar refractivity (Wildman–Crippen MR) is 112 cm³/mol. The van der Waals surface area contributed by atoms with Gasteiger partial charge in [0.15, 0.2) is 0 Å². The first-order valence-corrected chi connectivity index (χ1v) is 9.81. The summed E-state index contributed by atoms with van der Waals surface area (Å²) in [7, 11) is 3.60. The van der Waals surface area contributed by atoms with E-state index in [9.17, 15) is 9.59 Å². The zero-order valence-corrected chi connectivity index (χ0v) is 17.0. The van der Waals surface area contributed by atoms with Crippen LogP contribution in [0.25, 0.3) is 11.3 Å². The van der Waals surface area contributed by atoms with E-state index in [0.29, 0.717) is 6.54 Å². The van der Waals surface area contributed by atoms with Crippen molar-refractivity contribution in [2.24, 2.45) is 5.92 Å². The molecule has 2 heterocycles. The Morgan fingerprint density at radius 1 is 1.29 bits per heavy atom. The van der Waals surface area contributed by atoms with Crippen molar-refractivity contribution in [3.8, 4) is 11.3 Å². The van der Waals surface area contributed by atoms with E-state index in [1.54, 1.807) is 7.05 Å². The molecule has 1 fully saturated rings. The van der Waals surface area contributed by atoms with Gasteiger partial charge in [-0.05, 0) is 18.8 Å². The van der Waals surface area contributed by atoms with Crippen LogP contribution < -0.4 is 16.1 Å². The molecular formula is C20H28BN5O2. The number of urea groups is 1. The quantitative estimate of drug-likeness (QED) is 0.674. The van der Waals surface area contributed by atoms with Crippen LogP contribution >= 0.6 is 0 Å². The summed E-state index contributed by atoms with van der Waals surface area (Å²) in [5.41, 5.74) is 3.12. The Balaban J connectivity index is 1.79. The van der Waals surface area contributed by atoms with E-state index >= 15 is 0 Å². The Morgan fingerprint density at radius 3 is 2.64 bits per heavy atom. The number of carbonyl (C=O) groups excluding carboxylic acids is 2. The molecule has 28 heavy (non-hydrogen) atoms. The molecule has 0 radical (unpaired) electrons. The van der Waals surface area contributed by atoms with Crippen LogP contribution in [0.1, 0.15) is 38.6 Å². The standard InChI is InChI=1S/C20H28BN5O2/c1-12(2)17(25-20(28)22-3)19(27)26-10-4-5-16(26)18-23-11-15(24-18)13-6-8-14(21)9-7-13/h6-9,11-12,16-17H,4-5,10,21H2,1-3H3,(H,23,24)(H2,22,25,28)/t16-,17-/m0/s1. The minimum absolute atomic E-state index is 0.00855. The lowest BCUT2D eigenvalue weighted by Crippen LogP contribution is -2.53. The number of likely N-dealkylation sites (tertiary alicyclic amines) is 1. The first kappa shape index (κ1) is 20.0. The molecule has 0 bridgehead atoms. The fourth-order valence-electron chi connectivity index (χ4n) is 3.60. The van der Waals surface area contributed by atoms with Crippen molar-refractivity contribution in [2.75, 3.05) is 13.6 Å². The van der Waals surface area contributed by atoms with Gasteiger partial charge in [0.25, 0.3) is 0 Å². The van der Waals surface area contributed by atoms with Gasteiger partial charge in [-0.1, -0.05) is 43.6 Å². The second-order valence-corrected chi connectivity index (χ2v) is 7.67. The lowest BCUT2D eigenvalue weighted by Gasteiger charge is -2.30. The summed E-state index contributed by atoms with van der Waals surface area (Å²) >= 11 is 0. The number of aromatic nitrogens is 2. The van der Waals surface area contributed by atoms with Gasteiger partial charge >= 0.3 is 6.03 Å². The number of aromatic amines is 1. The van der Waals surface area contributed by atoms with Gasteiger partial charge in [0.05, 0.1) is 11.7 Å². The average molecular weight is 381 g/mol. The van der Waals surface area contributed by atoms with E-state index in [2.05, 4.69) is 47.7 Å². The van der Waals surface area contributed by atoms with Gasteiger partial charge < -0.3 is 20.5 Å². The molecule has 1 aromatic carbocycles. The van der Waals surface area contributed by atoms with Crippen LogP contribution in [0, 0.1) is 5.92 Å². The lowest BCUT2D eigenvalue weighted by molar-refractivity contribution is -0.135. The molecule has 0 unspecified atom stereocenters. The molecule has 2 aromatic rings. The molecular weight excluding hydrogens is 353 g/mol. The maximum Gasteiger partial charge on any atom is 0.315 e. The molecule has 1 aliphatic heterocycles. The van der Waals surface area contributed by atoms with Crippen molar-refractivity contribution in [3.05, 3.63) is 36.3 Å². The molecule has 3 N–H and O–H groups in total. The third-order valence-electron chi connectivity index (χ3n) is 5.24. The number of rotatable bonds is 5. The highest BCUT2D eigenvalue weighted by Crippen LogP contribution is 2.32. The minimum atomic E-state index is -0.563. The van der Waals surface area contributed by atoms with E-state index in [-0.39, 0.29) is 23.9 Å². The normalized spacial score (nSPS) is 17.6. The van der Waals surface area contributed by atoms with Crippen molar-refractivity contribution in [3.63, 3.8) is 0 Å². The summed E-state index contributed by atoms with van der Waals surface area (Å²) < 4.78 is 0. The number of hydrogen-bond acceptors (Lipinski definition) is 3. The topological polar surface area (TPSA) is 90.1 Å². The summed E-state index contributed by atoms with van der Waals surface area (Å²) in [4.78, 5) is 34.8. The predicted octanol–water partition coefficient (Wildman–Crippen LogP) is 0.952. The summed E-state index contributed by atoms with van der Waals surface area (Å²) in [6, 6.07) is 7.22. The van der Waals surface area contributed by atoms with Crippen molar-refractivity contribution in [1.82, 2.24) is 25.5 Å². The largest absolute Gasteiger partial charge is 0.346 e. The summed E-state index contributed by atoms with van der Waals surface area (Å²) in [6.45, 7) is 4.54. The molecule has 2 atom stereocenters. The van der Waals surface area contributed by atoms with Gasteiger partial charge in [0, 0.05) is 25.4 Å². The molecule has 0 saturated carbocycles. The number of amides is 3. The SMILES string of the molecule is Bc1ccc(-c2c[nH]c([C@@H]3CCCN3C(=O)[C@@H](NC(=O)NC)C(C)C)n2)cc1. The Labute approximate surface area is 166 Å². The van der Waals surface area contributed by atoms with Gasteiger partial charge in [-0.15, -0.1) is 0 Å². The van der Waals surface area contributed by atoms with Crippen molar-refractivity contribution in [2.45, 2.75) is 38.8 Å². The second kappa shape index (κ2) is 8.50. The fraction of sp³-hybridized carbons (Fsp3) is 0.450. The minimum Gasteiger partial charge on any atom is -0.346 e. The molecule has 3 amide bonds. The Hall–Kier alpha value is -2.77. The maximum absolute atomic E-state index is 13.2. The van der Waals surface area contributed by atoms with Gasteiger partial charge in [-0.2, -0.15) is 0 Å². The highest BCUT2D eigenvalue weighted by atomic mass is 16.2. The van der Waals surface area contributed by atoms with Crippen LogP contribution in [0.3, 0.4) is 0 Å². The molecule has 1 aromatic heterocycles. The Morgan fingerprint density at radius 2 is 2.00 bits per heavy atom. The van der Waals surface area contributed by atoms with Crippen LogP contribution in [-0.4, -0.2) is 54.3 Å². The Bertz CT molecular complexity index is 833.